The first-order valence-corrected chi connectivity index (χ1v) is 12.6. The van der Waals surface area contributed by atoms with Gasteiger partial charge in [0.2, 0.25) is 0 Å². The lowest BCUT2D eigenvalue weighted by Crippen LogP contribution is -2.21. The molecule has 1 fully saturated rings. The van der Waals surface area contributed by atoms with E-state index in [9.17, 15) is 8.78 Å². The fraction of sp³-hybridized carbons (Fsp3) is 0.296. The standard InChI is InChI=1S/C27H23F2N5OS/c1-13-14(2)31-27-25(30-13)24(19-6-5-18(28)12-20(19)29)33-26(34-27)17-8-9-35-22(10-17)16-4-7-21-23(11-16)36-15(3)32-21/h4-7,11-12,17,22H,8-10H2,1-3H3. The van der Waals surface area contributed by atoms with Crippen LogP contribution in [-0.4, -0.2) is 31.5 Å². The van der Waals surface area contributed by atoms with Gasteiger partial charge in [-0.25, -0.2) is 33.7 Å². The Morgan fingerprint density at radius 3 is 2.58 bits per heavy atom. The fourth-order valence-electron chi connectivity index (χ4n) is 4.70. The Morgan fingerprint density at radius 2 is 1.75 bits per heavy atom. The second-order valence-corrected chi connectivity index (χ2v) is 10.4. The highest BCUT2D eigenvalue weighted by molar-refractivity contribution is 7.18. The number of halogens is 2. The molecule has 0 bridgehead atoms. The Bertz CT molecular complexity index is 1640. The van der Waals surface area contributed by atoms with E-state index in [0.717, 1.165) is 39.0 Å². The number of aromatic nitrogens is 5. The molecule has 0 saturated carbocycles. The molecule has 5 aromatic rings. The molecule has 6 nitrogen and oxygen atoms in total. The maximum absolute atomic E-state index is 14.9. The Balaban J connectivity index is 1.43. The first-order chi connectivity index (χ1) is 17.4. The lowest BCUT2D eigenvalue weighted by molar-refractivity contribution is 0.00410. The molecule has 0 amide bonds. The summed E-state index contributed by atoms with van der Waals surface area (Å²) in [6.45, 7) is 6.26. The summed E-state index contributed by atoms with van der Waals surface area (Å²) >= 11 is 1.66. The number of thiazole rings is 1. The van der Waals surface area contributed by atoms with Gasteiger partial charge < -0.3 is 4.74 Å². The van der Waals surface area contributed by atoms with Crippen LogP contribution in [0.1, 0.15) is 52.6 Å². The smallest absolute Gasteiger partial charge is 0.182 e. The Morgan fingerprint density at radius 1 is 0.917 bits per heavy atom. The van der Waals surface area contributed by atoms with Crippen molar-refractivity contribution in [2.45, 2.75) is 45.6 Å². The van der Waals surface area contributed by atoms with Crippen LogP contribution in [0.15, 0.2) is 36.4 Å². The lowest BCUT2D eigenvalue weighted by Gasteiger charge is -2.29. The Kier molecular flexibility index (Phi) is 5.69. The van der Waals surface area contributed by atoms with Crippen LogP contribution >= 0.6 is 11.3 Å². The van der Waals surface area contributed by atoms with Gasteiger partial charge in [-0.15, -0.1) is 11.3 Å². The number of aryl methyl sites for hydroxylation is 3. The maximum atomic E-state index is 14.9. The predicted molar refractivity (Wildman–Crippen MR) is 135 cm³/mol. The van der Waals surface area contributed by atoms with Crippen LogP contribution in [0.2, 0.25) is 0 Å². The molecule has 3 aromatic heterocycles. The highest BCUT2D eigenvalue weighted by Crippen LogP contribution is 2.39. The molecule has 9 heteroatoms. The minimum atomic E-state index is -0.695. The molecule has 1 aliphatic rings. The van der Waals surface area contributed by atoms with Crippen molar-refractivity contribution < 1.29 is 13.5 Å². The van der Waals surface area contributed by atoms with Gasteiger partial charge in [0.1, 0.15) is 28.7 Å². The molecule has 0 spiro atoms. The van der Waals surface area contributed by atoms with E-state index in [0.29, 0.717) is 41.4 Å². The van der Waals surface area contributed by atoms with E-state index < -0.39 is 11.6 Å². The van der Waals surface area contributed by atoms with Gasteiger partial charge >= 0.3 is 0 Å². The van der Waals surface area contributed by atoms with Crippen molar-refractivity contribution in [3.63, 3.8) is 0 Å². The van der Waals surface area contributed by atoms with E-state index >= 15 is 0 Å². The summed E-state index contributed by atoms with van der Waals surface area (Å²) in [5, 5.41) is 1.03. The van der Waals surface area contributed by atoms with Crippen molar-refractivity contribution >= 4 is 32.7 Å². The SMILES string of the molecule is Cc1nc2ccc(C3CC(c4nc(-c5ccc(F)cc5F)c5nc(C)c(C)nc5n4)CCO3)cc2s1. The highest BCUT2D eigenvalue weighted by Gasteiger charge is 2.29. The summed E-state index contributed by atoms with van der Waals surface area (Å²) in [6, 6.07) is 9.72. The first-order valence-electron chi connectivity index (χ1n) is 11.8. The van der Waals surface area contributed by atoms with Gasteiger partial charge in [-0.2, -0.15) is 0 Å². The van der Waals surface area contributed by atoms with E-state index in [1.165, 1.54) is 12.1 Å². The monoisotopic (exact) mass is 503 g/mol. The van der Waals surface area contributed by atoms with Gasteiger partial charge in [-0.3, -0.25) is 0 Å². The van der Waals surface area contributed by atoms with E-state index in [1.54, 1.807) is 11.3 Å². The lowest BCUT2D eigenvalue weighted by atomic mass is 9.91. The summed E-state index contributed by atoms with van der Waals surface area (Å²) < 4.78 is 35.8. The summed E-state index contributed by atoms with van der Waals surface area (Å²) in [5.41, 5.74) is 4.85. The van der Waals surface area contributed by atoms with E-state index in [2.05, 4.69) is 27.1 Å². The normalized spacial score (nSPS) is 18.2. The van der Waals surface area contributed by atoms with E-state index in [-0.39, 0.29) is 17.6 Å². The third-order valence-corrected chi connectivity index (χ3v) is 7.62. The number of ether oxygens (including phenoxy) is 1. The van der Waals surface area contributed by atoms with Crippen LogP contribution in [0.3, 0.4) is 0 Å². The molecule has 1 aliphatic heterocycles. The molecular formula is C27H23F2N5OS. The zero-order chi connectivity index (χ0) is 25.0. The van der Waals surface area contributed by atoms with Gasteiger partial charge in [0.05, 0.1) is 32.7 Å². The summed E-state index contributed by atoms with van der Waals surface area (Å²) in [7, 11) is 0. The molecule has 0 radical (unpaired) electrons. The Hall–Kier alpha value is -3.43. The van der Waals surface area contributed by atoms with Crippen LogP contribution in [0, 0.1) is 32.4 Å². The van der Waals surface area contributed by atoms with Crippen LogP contribution < -0.4 is 0 Å². The van der Waals surface area contributed by atoms with Gasteiger partial charge in [-0.05, 0) is 63.4 Å². The molecule has 2 atom stereocenters. The van der Waals surface area contributed by atoms with Crippen molar-refractivity contribution in [2.75, 3.05) is 6.61 Å². The minimum Gasteiger partial charge on any atom is -0.373 e. The van der Waals surface area contributed by atoms with Crippen molar-refractivity contribution in [2.24, 2.45) is 0 Å². The molecule has 0 aliphatic carbocycles. The number of fused-ring (bicyclic) bond motifs is 2. The average molecular weight is 504 g/mol. The molecule has 4 heterocycles. The quantitative estimate of drug-likeness (QED) is 0.279. The zero-order valence-electron chi connectivity index (χ0n) is 20.0. The average Bonchev–Trinajstić information content (AvgIpc) is 3.24. The number of hydrogen-bond donors (Lipinski definition) is 0. The van der Waals surface area contributed by atoms with Crippen LogP contribution in [-0.2, 0) is 4.74 Å². The molecule has 6 rings (SSSR count). The van der Waals surface area contributed by atoms with Gasteiger partial charge in [-0.1, -0.05) is 6.07 Å². The molecule has 36 heavy (non-hydrogen) atoms. The van der Waals surface area contributed by atoms with Crippen LogP contribution in [0.25, 0.3) is 32.6 Å². The number of benzene rings is 2. The fourth-order valence-corrected chi connectivity index (χ4v) is 5.58. The summed E-state index contributed by atoms with van der Waals surface area (Å²) in [5.74, 6) is -0.785. The first kappa shape index (κ1) is 23.0. The van der Waals surface area contributed by atoms with E-state index in [4.69, 9.17) is 14.7 Å². The second-order valence-electron chi connectivity index (χ2n) is 9.16. The van der Waals surface area contributed by atoms with Gasteiger partial charge in [0.25, 0.3) is 0 Å². The van der Waals surface area contributed by atoms with Crippen LogP contribution in [0.5, 0.6) is 0 Å². The van der Waals surface area contributed by atoms with Crippen molar-refractivity contribution in [1.82, 2.24) is 24.9 Å². The minimum absolute atomic E-state index is 0.0160. The van der Waals surface area contributed by atoms with Crippen molar-refractivity contribution in [1.29, 1.82) is 0 Å². The van der Waals surface area contributed by atoms with Crippen LogP contribution in [0.4, 0.5) is 8.78 Å². The van der Waals surface area contributed by atoms with Gasteiger partial charge in [0, 0.05) is 24.2 Å². The van der Waals surface area contributed by atoms with E-state index in [1.807, 2.05) is 26.8 Å². The molecule has 2 unspecified atom stereocenters. The highest BCUT2D eigenvalue weighted by atomic mass is 32.1. The van der Waals surface area contributed by atoms with Crippen molar-refractivity contribution in [3.8, 4) is 11.3 Å². The summed E-state index contributed by atoms with van der Waals surface area (Å²) in [6.07, 6.45) is 1.29. The number of nitrogens with zero attached hydrogens (tertiary/aromatic N) is 5. The Labute approximate surface area is 210 Å². The summed E-state index contributed by atoms with van der Waals surface area (Å²) in [4.78, 5) is 23.4. The predicted octanol–water partition coefficient (Wildman–Crippen LogP) is 6.54. The molecule has 182 valence electrons. The molecular weight excluding hydrogens is 480 g/mol. The zero-order valence-corrected chi connectivity index (χ0v) is 20.9. The number of hydrogen-bond acceptors (Lipinski definition) is 7. The largest absolute Gasteiger partial charge is 0.373 e. The number of rotatable bonds is 3. The maximum Gasteiger partial charge on any atom is 0.182 e. The molecule has 0 N–H and O–H groups in total. The van der Waals surface area contributed by atoms with Crippen molar-refractivity contribution in [3.05, 3.63) is 75.8 Å². The third-order valence-electron chi connectivity index (χ3n) is 6.69. The second kappa shape index (κ2) is 8.90. The topological polar surface area (TPSA) is 73.7 Å². The molecule has 1 saturated heterocycles. The third kappa shape index (κ3) is 4.12. The van der Waals surface area contributed by atoms with Gasteiger partial charge in [0.15, 0.2) is 5.65 Å². The molecule has 2 aromatic carbocycles.